The van der Waals surface area contributed by atoms with Gasteiger partial charge in [0.2, 0.25) is 0 Å². The summed E-state index contributed by atoms with van der Waals surface area (Å²) in [6, 6.07) is 11.1. The van der Waals surface area contributed by atoms with Crippen molar-refractivity contribution in [3.63, 3.8) is 0 Å². The normalized spacial score (nSPS) is 11.4. The average molecular weight is 219 g/mol. The van der Waals surface area contributed by atoms with Gasteiger partial charge >= 0.3 is 0 Å². The molecule has 0 aliphatic rings. The van der Waals surface area contributed by atoms with Gasteiger partial charge in [0.1, 0.15) is 0 Å². The van der Waals surface area contributed by atoms with Gasteiger partial charge in [0.05, 0.1) is 0 Å². The molecule has 1 rings (SSSR count). The van der Waals surface area contributed by atoms with Crippen molar-refractivity contribution in [2.24, 2.45) is 11.8 Å². The molecule has 0 spiro atoms. The van der Waals surface area contributed by atoms with E-state index in [1.54, 1.807) is 0 Å². The molecule has 0 amide bonds. The van der Waals surface area contributed by atoms with Gasteiger partial charge in [0.25, 0.3) is 0 Å². The molecule has 0 atom stereocenters. The Bertz CT molecular complexity index is 267. The molecule has 1 nitrogen and oxygen atoms in total. The van der Waals surface area contributed by atoms with Gasteiger partial charge in [-0.05, 0) is 36.8 Å². The Balaban J connectivity index is 2.56. The first-order valence-electron chi connectivity index (χ1n) is 6.39. The predicted octanol–water partition coefficient (Wildman–Crippen LogP) is 4.56. The van der Waals surface area contributed by atoms with Crippen LogP contribution >= 0.6 is 0 Å². The van der Waals surface area contributed by atoms with E-state index in [-0.39, 0.29) is 0 Å². The molecule has 1 heteroatoms. The molecule has 0 radical (unpaired) electrons. The number of anilines is 1. The number of rotatable bonds is 6. The van der Waals surface area contributed by atoms with Crippen molar-refractivity contribution >= 4 is 5.69 Å². The minimum atomic E-state index is 0.599. The van der Waals surface area contributed by atoms with E-state index >= 15 is 0 Å². The zero-order valence-corrected chi connectivity index (χ0v) is 11.0. The maximum Gasteiger partial charge on any atom is 0.0342 e. The van der Waals surface area contributed by atoms with E-state index in [0.717, 1.165) is 11.8 Å². The molecule has 0 saturated carbocycles. The third kappa shape index (κ3) is 5.20. The molecular formula is C15H25N. The largest absolute Gasteiger partial charge is 0.382 e. The van der Waals surface area contributed by atoms with Gasteiger partial charge in [-0.2, -0.15) is 0 Å². The molecule has 0 aromatic heterocycles. The van der Waals surface area contributed by atoms with Crippen molar-refractivity contribution in [2.75, 3.05) is 5.32 Å². The molecule has 0 bridgehead atoms. The summed E-state index contributed by atoms with van der Waals surface area (Å²) in [5.41, 5.74) is 1.24. The Labute approximate surface area is 100 Å². The molecule has 0 saturated heterocycles. The highest BCUT2D eigenvalue weighted by molar-refractivity contribution is 5.43. The number of benzene rings is 1. The van der Waals surface area contributed by atoms with Crippen molar-refractivity contribution in [1.29, 1.82) is 0 Å². The van der Waals surface area contributed by atoms with Gasteiger partial charge < -0.3 is 5.32 Å². The molecule has 90 valence electrons. The molecule has 0 heterocycles. The van der Waals surface area contributed by atoms with Crippen LogP contribution in [0.25, 0.3) is 0 Å². The summed E-state index contributed by atoms with van der Waals surface area (Å²) >= 11 is 0. The van der Waals surface area contributed by atoms with E-state index in [1.807, 2.05) is 0 Å². The second kappa shape index (κ2) is 6.57. The first kappa shape index (κ1) is 13.1. The van der Waals surface area contributed by atoms with Crippen molar-refractivity contribution in [3.8, 4) is 0 Å². The van der Waals surface area contributed by atoms with Crippen molar-refractivity contribution in [1.82, 2.24) is 0 Å². The van der Waals surface area contributed by atoms with E-state index in [2.05, 4.69) is 63.3 Å². The summed E-state index contributed by atoms with van der Waals surface area (Å²) in [6.45, 7) is 9.17. The fourth-order valence-electron chi connectivity index (χ4n) is 2.12. The Morgan fingerprint density at radius 2 is 1.38 bits per heavy atom. The van der Waals surface area contributed by atoms with Crippen LogP contribution in [0.3, 0.4) is 0 Å². The first-order chi connectivity index (χ1) is 7.58. The van der Waals surface area contributed by atoms with Crippen molar-refractivity contribution in [3.05, 3.63) is 30.3 Å². The zero-order chi connectivity index (χ0) is 12.0. The summed E-state index contributed by atoms with van der Waals surface area (Å²) in [5.74, 6) is 1.50. The second-order valence-corrected chi connectivity index (χ2v) is 5.47. The lowest BCUT2D eigenvalue weighted by molar-refractivity contribution is 0.442. The predicted molar refractivity (Wildman–Crippen MR) is 72.8 cm³/mol. The summed E-state index contributed by atoms with van der Waals surface area (Å²) < 4.78 is 0. The molecular weight excluding hydrogens is 194 g/mol. The SMILES string of the molecule is CC(C)CC(CC(C)C)Nc1ccccc1. The quantitative estimate of drug-likeness (QED) is 0.739. The van der Waals surface area contributed by atoms with Crippen LogP contribution in [0.4, 0.5) is 5.69 Å². The monoisotopic (exact) mass is 219 g/mol. The molecule has 1 aromatic carbocycles. The fourth-order valence-corrected chi connectivity index (χ4v) is 2.12. The Morgan fingerprint density at radius 3 is 1.81 bits per heavy atom. The summed E-state index contributed by atoms with van der Waals surface area (Å²) in [6.07, 6.45) is 2.49. The zero-order valence-electron chi connectivity index (χ0n) is 11.0. The fraction of sp³-hybridized carbons (Fsp3) is 0.600. The number of nitrogens with one attached hydrogen (secondary N) is 1. The lowest BCUT2D eigenvalue weighted by Gasteiger charge is -2.23. The standard InChI is InChI=1S/C15H25N/c1-12(2)10-15(11-13(3)4)16-14-8-6-5-7-9-14/h5-9,12-13,15-16H,10-11H2,1-4H3. The molecule has 0 aliphatic carbocycles. The van der Waals surface area contributed by atoms with Gasteiger partial charge in [0, 0.05) is 11.7 Å². The average Bonchev–Trinajstić information content (AvgIpc) is 2.16. The highest BCUT2D eigenvalue weighted by Crippen LogP contribution is 2.18. The van der Waals surface area contributed by atoms with Crippen LogP contribution in [0, 0.1) is 11.8 Å². The minimum Gasteiger partial charge on any atom is -0.382 e. The lowest BCUT2D eigenvalue weighted by atomic mass is 9.95. The molecule has 0 aliphatic heterocycles. The topological polar surface area (TPSA) is 12.0 Å². The highest BCUT2D eigenvalue weighted by atomic mass is 14.9. The third-order valence-corrected chi connectivity index (χ3v) is 2.66. The maximum atomic E-state index is 3.64. The van der Waals surface area contributed by atoms with Crippen LogP contribution < -0.4 is 5.32 Å². The van der Waals surface area contributed by atoms with E-state index in [9.17, 15) is 0 Å². The van der Waals surface area contributed by atoms with Crippen LogP contribution in [-0.2, 0) is 0 Å². The van der Waals surface area contributed by atoms with Gasteiger partial charge in [-0.15, -0.1) is 0 Å². The number of hydrogen-bond donors (Lipinski definition) is 1. The maximum absolute atomic E-state index is 3.64. The van der Waals surface area contributed by atoms with Crippen molar-refractivity contribution in [2.45, 2.75) is 46.6 Å². The van der Waals surface area contributed by atoms with Crippen LogP contribution in [-0.4, -0.2) is 6.04 Å². The van der Waals surface area contributed by atoms with Crippen LogP contribution in [0.5, 0.6) is 0 Å². The minimum absolute atomic E-state index is 0.599. The Hall–Kier alpha value is -0.980. The molecule has 0 unspecified atom stereocenters. The second-order valence-electron chi connectivity index (χ2n) is 5.47. The molecule has 1 aromatic rings. The molecule has 16 heavy (non-hydrogen) atoms. The van der Waals surface area contributed by atoms with E-state index in [1.165, 1.54) is 18.5 Å². The molecule has 1 N–H and O–H groups in total. The number of para-hydroxylation sites is 1. The van der Waals surface area contributed by atoms with Crippen LogP contribution in [0.15, 0.2) is 30.3 Å². The van der Waals surface area contributed by atoms with Crippen LogP contribution in [0.1, 0.15) is 40.5 Å². The van der Waals surface area contributed by atoms with Gasteiger partial charge in [-0.3, -0.25) is 0 Å². The highest BCUT2D eigenvalue weighted by Gasteiger charge is 2.12. The smallest absolute Gasteiger partial charge is 0.0342 e. The van der Waals surface area contributed by atoms with Crippen molar-refractivity contribution < 1.29 is 0 Å². The first-order valence-corrected chi connectivity index (χ1v) is 6.39. The van der Waals surface area contributed by atoms with Crippen LogP contribution in [0.2, 0.25) is 0 Å². The third-order valence-electron chi connectivity index (χ3n) is 2.66. The Kier molecular flexibility index (Phi) is 5.37. The van der Waals surface area contributed by atoms with Gasteiger partial charge in [-0.1, -0.05) is 45.9 Å². The summed E-state index contributed by atoms with van der Waals surface area (Å²) in [5, 5.41) is 3.64. The summed E-state index contributed by atoms with van der Waals surface area (Å²) in [7, 11) is 0. The molecule has 0 fully saturated rings. The lowest BCUT2D eigenvalue weighted by Crippen LogP contribution is -2.23. The summed E-state index contributed by atoms with van der Waals surface area (Å²) in [4.78, 5) is 0. The van der Waals surface area contributed by atoms with E-state index in [0.29, 0.717) is 6.04 Å². The Morgan fingerprint density at radius 1 is 0.875 bits per heavy atom. The van der Waals surface area contributed by atoms with E-state index < -0.39 is 0 Å². The number of hydrogen-bond acceptors (Lipinski definition) is 1. The van der Waals surface area contributed by atoms with Gasteiger partial charge in [-0.25, -0.2) is 0 Å². The van der Waals surface area contributed by atoms with Gasteiger partial charge in [0.15, 0.2) is 0 Å². The van der Waals surface area contributed by atoms with E-state index in [4.69, 9.17) is 0 Å².